The van der Waals surface area contributed by atoms with E-state index in [0.717, 1.165) is 17.5 Å². The van der Waals surface area contributed by atoms with E-state index in [-0.39, 0.29) is 12.6 Å². The third-order valence-electron chi connectivity index (χ3n) is 3.80. The zero-order valence-electron chi connectivity index (χ0n) is 13.5. The van der Waals surface area contributed by atoms with Crippen molar-refractivity contribution < 1.29 is 13.5 Å². The minimum atomic E-state index is -3.25. The van der Waals surface area contributed by atoms with E-state index in [1.807, 2.05) is 18.2 Å². The number of nitrogens with one attached hydrogen (secondary N) is 1. The van der Waals surface area contributed by atoms with Gasteiger partial charge in [-0.05, 0) is 35.2 Å². The van der Waals surface area contributed by atoms with Crippen LogP contribution in [0.15, 0.2) is 53.4 Å². The van der Waals surface area contributed by atoms with E-state index in [1.165, 1.54) is 11.8 Å². The van der Waals surface area contributed by atoms with Gasteiger partial charge in [-0.2, -0.15) is 0 Å². The Hall–Kier alpha value is -1.69. The average Bonchev–Trinajstić information content (AvgIpc) is 2.55. The fraction of sp³-hybridized carbons (Fsp3) is 0.333. The van der Waals surface area contributed by atoms with Crippen LogP contribution in [0.1, 0.15) is 29.7 Å². The van der Waals surface area contributed by atoms with Gasteiger partial charge in [0.1, 0.15) is 0 Å². The van der Waals surface area contributed by atoms with Crippen LogP contribution in [0.3, 0.4) is 0 Å². The third kappa shape index (κ3) is 4.64. The molecule has 1 atom stereocenters. The summed E-state index contributed by atoms with van der Waals surface area (Å²) in [5, 5.41) is 12.4. The number of aryl methyl sites for hydroxylation is 1. The normalized spacial score (nSPS) is 13.0. The van der Waals surface area contributed by atoms with Gasteiger partial charge in [0.25, 0.3) is 0 Å². The van der Waals surface area contributed by atoms with Crippen LogP contribution in [0.25, 0.3) is 0 Å². The van der Waals surface area contributed by atoms with Crippen LogP contribution in [0, 0.1) is 0 Å². The summed E-state index contributed by atoms with van der Waals surface area (Å²) < 4.78 is 23.6. The van der Waals surface area contributed by atoms with E-state index >= 15 is 0 Å². The molecule has 0 spiro atoms. The van der Waals surface area contributed by atoms with Crippen LogP contribution in [-0.2, 0) is 16.3 Å². The second-order valence-corrected chi connectivity index (χ2v) is 7.57. The molecular weight excluding hydrogens is 310 g/mol. The quantitative estimate of drug-likeness (QED) is 0.816. The predicted octanol–water partition coefficient (Wildman–Crippen LogP) is 2.32. The molecule has 0 radical (unpaired) electrons. The molecule has 0 saturated carbocycles. The highest BCUT2D eigenvalue weighted by Crippen LogP contribution is 2.24. The van der Waals surface area contributed by atoms with Gasteiger partial charge in [-0.1, -0.05) is 43.3 Å². The van der Waals surface area contributed by atoms with E-state index in [2.05, 4.69) is 24.4 Å². The smallest absolute Gasteiger partial charge is 0.175 e. The van der Waals surface area contributed by atoms with E-state index in [0.29, 0.717) is 11.4 Å². The van der Waals surface area contributed by atoms with Gasteiger partial charge in [-0.25, -0.2) is 8.42 Å². The fourth-order valence-electron chi connectivity index (χ4n) is 2.51. The molecule has 0 aliphatic carbocycles. The Bertz CT molecular complexity index is 739. The van der Waals surface area contributed by atoms with Gasteiger partial charge in [-0.3, -0.25) is 0 Å². The van der Waals surface area contributed by atoms with Crippen molar-refractivity contribution in [3.8, 4) is 0 Å². The molecule has 4 nitrogen and oxygen atoms in total. The molecule has 0 fully saturated rings. The van der Waals surface area contributed by atoms with E-state index in [1.54, 1.807) is 18.2 Å². The van der Waals surface area contributed by atoms with E-state index in [4.69, 9.17) is 5.11 Å². The molecule has 0 aliphatic heterocycles. The summed E-state index contributed by atoms with van der Waals surface area (Å²) in [4.78, 5) is 0.302. The van der Waals surface area contributed by atoms with Crippen LogP contribution >= 0.6 is 0 Å². The number of hydrogen-bond donors (Lipinski definition) is 2. The molecule has 0 aromatic heterocycles. The van der Waals surface area contributed by atoms with Crippen molar-refractivity contribution in [2.24, 2.45) is 0 Å². The number of aliphatic hydroxyl groups is 1. The minimum Gasteiger partial charge on any atom is -0.395 e. The van der Waals surface area contributed by atoms with Crippen LogP contribution in [0.4, 0.5) is 0 Å². The second kappa shape index (κ2) is 7.73. The number of aliphatic hydroxyl groups excluding tert-OH is 1. The largest absolute Gasteiger partial charge is 0.395 e. The molecular formula is C18H23NO3S. The van der Waals surface area contributed by atoms with E-state index in [9.17, 15) is 8.42 Å². The monoisotopic (exact) mass is 333 g/mol. The second-order valence-electron chi connectivity index (χ2n) is 5.55. The zero-order valence-corrected chi connectivity index (χ0v) is 14.3. The summed E-state index contributed by atoms with van der Waals surface area (Å²) in [6, 6.07) is 15.0. The summed E-state index contributed by atoms with van der Waals surface area (Å²) in [7, 11) is -3.25. The lowest BCUT2D eigenvalue weighted by atomic mass is 9.97. The van der Waals surface area contributed by atoms with Gasteiger partial charge >= 0.3 is 0 Å². The summed E-state index contributed by atoms with van der Waals surface area (Å²) >= 11 is 0. The molecule has 23 heavy (non-hydrogen) atoms. The zero-order chi connectivity index (χ0) is 16.9. The first-order valence-corrected chi connectivity index (χ1v) is 9.58. The van der Waals surface area contributed by atoms with Crippen molar-refractivity contribution in [3.05, 3.63) is 65.2 Å². The molecule has 2 N–H and O–H groups in total. The van der Waals surface area contributed by atoms with Gasteiger partial charge in [0.15, 0.2) is 9.84 Å². The number of hydrogen-bond acceptors (Lipinski definition) is 4. The van der Waals surface area contributed by atoms with Crippen molar-refractivity contribution in [1.29, 1.82) is 0 Å². The Morgan fingerprint density at radius 3 is 2.35 bits per heavy atom. The van der Waals surface area contributed by atoms with Gasteiger partial charge in [0, 0.05) is 12.8 Å². The highest BCUT2D eigenvalue weighted by molar-refractivity contribution is 7.90. The standard InChI is InChI=1S/C18H23NO3S/c1-3-14-7-9-15(10-8-14)18(19-11-12-20)16-5-4-6-17(13-16)23(2,21)22/h4-10,13,18-20H,3,11-12H2,1-2H3. The summed E-state index contributed by atoms with van der Waals surface area (Å²) in [6.07, 6.45) is 2.18. The molecule has 2 rings (SSSR count). The summed E-state index contributed by atoms with van der Waals surface area (Å²) in [5.41, 5.74) is 3.16. The van der Waals surface area contributed by atoms with Crippen molar-refractivity contribution in [2.75, 3.05) is 19.4 Å². The Balaban J connectivity index is 2.41. The molecule has 0 aliphatic rings. The summed E-state index contributed by atoms with van der Waals surface area (Å²) in [5.74, 6) is 0. The first-order chi connectivity index (χ1) is 11.0. The first-order valence-electron chi connectivity index (χ1n) is 7.68. The minimum absolute atomic E-state index is 0.0231. The van der Waals surface area contributed by atoms with Gasteiger partial charge in [0.2, 0.25) is 0 Å². The van der Waals surface area contributed by atoms with Crippen LogP contribution < -0.4 is 5.32 Å². The molecule has 0 amide bonds. The highest BCUT2D eigenvalue weighted by atomic mass is 32.2. The first kappa shape index (κ1) is 17.7. The molecule has 0 bridgehead atoms. The average molecular weight is 333 g/mol. The Labute approximate surface area is 138 Å². The lowest BCUT2D eigenvalue weighted by Crippen LogP contribution is -2.25. The molecule has 2 aromatic rings. The van der Waals surface area contributed by atoms with Crippen molar-refractivity contribution >= 4 is 9.84 Å². The lowest BCUT2D eigenvalue weighted by Gasteiger charge is -2.20. The predicted molar refractivity (Wildman–Crippen MR) is 92.3 cm³/mol. The number of sulfone groups is 1. The molecule has 0 saturated heterocycles. The highest BCUT2D eigenvalue weighted by Gasteiger charge is 2.16. The Morgan fingerprint density at radius 1 is 1.09 bits per heavy atom. The van der Waals surface area contributed by atoms with Gasteiger partial charge in [-0.15, -0.1) is 0 Å². The molecule has 5 heteroatoms. The maximum absolute atomic E-state index is 11.8. The maximum atomic E-state index is 11.8. The molecule has 124 valence electrons. The van der Waals surface area contributed by atoms with Crippen molar-refractivity contribution in [2.45, 2.75) is 24.3 Å². The maximum Gasteiger partial charge on any atom is 0.175 e. The fourth-order valence-corrected chi connectivity index (χ4v) is 3.18. The van der Waals surface area contributed by atoms with Crippen molar-refractivity contribution in [1.82, 2.24) is 5.32 Å². The number of benzene rings is 2. The molecule has 0 heterocycles. The SMILES string of the molecule is CCc1ccc(C(NCCO)c2cccc(S(C)(=O)=O)c2)cc1. The van der Waals surface area contributed by atoms with Crippen molar-refractivity contribution in [3.63, 3.8) is 0 Å². The Morgan fingerprint density at radius 2 is 1.78 bits per heavy atom. The number of rotatable bonds is 7. The molecule has 1 unspecified atom stereocenters. The Kier molecular flexibility index (Phi) is 5.93. The van der Waals surface area contributed by atoms with Crippen LogP contribution in [0.2, 0.25) is 0 Å². The topological polar surface area (TPSA) is 66.4 Å². The van der Waals surface area contributed by atoms with Gasteiger partial charge in [0.05, 0.1) is 17.5 Å². The van der Waals surface area contributed by atoms with Crippen LogP contribution in [0.5, 0.6) is 0 Å². The lowest BCUT2D eigenvalue weighted by molar-refractivity contribution is 0.288. The van der Waals surface area contributed by atoms with E-state index < -0.39 is 9.84 Å². The van der Waals surface area contributed by atoms with Crippen LogP contribution in [-0.4, -0.2) is 32.9 Å². The summed E-state index contributed by atoms with van der Waals surface area (Å²) in [6.45, 7) is 2.56. The molecule has 2 aromatic carbocycles. The third-order valence-corrected chi connectivity index (χ3v) is 4.91. The van der Waals surface area contributed by atoms with Gasteiger partial charge < -0.3 is 10.4 Å².